The Balaban J connectivity index is 1.27. The van der Waals surface area contributed by atoms with E-state index >= 15 is 0 Å². The van der Waals surface area contributed by atoms with Crippen molar-refractivity contribution in [1.29, 1.82) is 0 Å². The minimum atomic E-state index is 0.314. The highest BCUT2D eigenvalue weighted by Crippen LogP contribution is 2.32. The van der Waals surface area contributed by atoms with Gasteiger partial charge in [-0.3, -0.25) is 9.69 Å². The summed E-state index contributed by atoms with van der Waals surface area (Å²) in [5.41, 5.74) is 1.23. The molecule has 3 aliphatic rings. The molecule has 1 amide bonds. The molecule has 24 heavy (non-hydrogen) atoms. The monoisotopic (exact) mass is 328 g/mol. The zero-order valence-electron chi connectivity index (χ0n) is 13.9. The number of carbonyl (C=O) groups excluding carboxylic acids is 1. The van der Waals surface area contributed by atoms with Crippen molar-refractivity contribution in [3.05, 3.63) is 35.9 Å². The number of fused-ring (bicyclic) bond motifs is 1. The van der Waals surface area contributed by atoms with Crippen LogP contribution in [0, 0.1) is 5.92 Å². The molecule has 1 atom stereocenters. The molecule has 0 bridgehead atoms. The van der Waals surface area contributed by atoms with Crippen LogP contribution in [0.4, 0.5) is 0 Å². The van der Waals surface area contributed by atoms with Crippen LogP contribution in [0.1, 0.15) is 24.8 Å². The van der Waals surface area contributed by atoms with Gasteiger partial charge >= 0.3 is 0 Å². The van der Waals surface area contributed by atoms with Crippen molar-refractivity contribution in [2.24, 2.45) is 5.92 Å². The average Bonchev–Trinajstić information content (AvgIpc) is 3.26. The van der Waals surface area contributed by atoms with Crippen molar-refractivity contribution in [2.45, 2.75) is 25.8 Å². The number of hydrogen-bond donors (Lipinski definition) is 0. The van der Waals surface area contributed by atoms with Gasteiger partial charge in [0.05, 0.1) is 0 Å². The lowest BCUT2D eigenvalue weighted by atomic mass is 10.0. The molecular formula is C19H24N2O3. The van der Waals surface area contributed by atoms with Gasteiger partial charge in [0, 0.05) is 39.1 Å². The molecule has 1 aliphatic carbocycles. The summed E-state index contributed by atoms with van der Waals surface area (Å²) < 4.78 is 10.8. The van der Waals surface area contributed by atoms with Gasteiger partial charge in [0.25, 0.3) is 0 Å². The standard InChI is InChI=1S/C19H24N2O3/c22-19(12-15-3-1-2-4-15)21-9-7-20(8-10-21)13-16-5-6-17-18(11-16)24-14-23-17/h1,3,5-6,11,15H,2,4,7-10,12-14H2. The van der Waals surface area contributed by atoms with E-state index in [1.54, 1.807) is 0 Å². The molecule has 5 nitrogen and oxygen atoms in total. The van der Waals surface area contributed by atoms with Crippen molar-refractivity contribution in [3.63, 3.8) is 0 Å². The summed E-state index contributed by atoms with van der Waals surface area (Å²) in [6.45, 7) is 4.74. The molecule has 0 radical (unpaired) electrons. The third-order valence-corrected chi connectivity index (χ3v) is 5.12. The van der Waals surface area contributed by atoms with E-state index in [0.29, 0.717) is 25.0 Å². The highest BCUT2D eigenvalue weighted by atomic mass is 16.7. The Morgan fingerprint density at radius 3 is 2.75 bits per heavy atom. The second-order valence-electron chi connectivity index (χ2n) is 6.81. The van der Waals surface area contributed by atoms with Crippen molar-refractivity contribution in [3.8, 4) is 11.5 Å². The summed E-state index contributed by atoms with van der Waals surface area (Å²) in [6, 6.07) is 6.14. The number of nitrogens with zero attached hydrogens (tertiary/aromatic N) is 2. The molecule has 1 fully saturated rings. The highest BCUT2D eigenvalue weighted by Gasteiger charge is 2.24. The number of piperazine rings is 1. The summed E-state index contributed by atoms with van der Waals surface area (Å²) in [7, 11) is 0. The Bertz CT molecular complexity index is 635. The maximum absolute atomic E-state index is 12.4. The zero-order chi connectivity index (χ0) is 16.4. The SMILES string of the molecule is O=C(CC1C=CCC1)N1CCN(Cc2ccc3c(c2)OCO3)CC1. The normalized spacial score (nSPS) is 23.0. The Kier molecular flexibility index (Phi) is 4.43. The summed E-state index contributed by atoms with van der Waals surface area (Å²) in [5, 5.41) is 0. The molecular weight excluding hydrogens is 304 g/mol. The van der Waals surface area contributed by atoms with Gasteiger partial charge < -0.3 is 14.4 Å². The fourth-order valence-corrected chi connectivity index (χ4v) is 3.67. The first-order valence-corrected chi connectivity index (χ1v) is 8.83. The van der Waals surface area contributed by atoms with E-state index in [1.165, 1.54) is 5.56 Å². The van der Waals surface area contributed by atoms with E-state index < -0.39 is 0 Å². The van der Waals surface area contributed by atoms with Gasteiger partial charge in [-0.25, -0.2) is 0 Å². The highest BCUT2D eigenvalue weighted by molar-refractivity contribution is 5.76. The van der Waals surface area contributed by atoms with E-state index in [0.717, 1.165) is 57.1 Å². The quantitative estimate of drug-likeness (QED) is 0.796. The number of benzene rings is 1. The predicted octanol–water partition coefficient (Wildman–Crippen LogP) is 2.42. The van der Waals surface area contributed by atoms with Gasteiger partial charge in [0.2, 0.25) is 12.7 Å². The second kappa shape index (κ2) is 6.85. The number of ether oxygens (including phenoxy) is 2. The molecule has 0 aromatic heterocycles. The summed E-state index contributed by atoms with van der Waals surface area (Å²) in [5.74, 6) is 2.44. The first kappa shape index (κ1) is 15.5. The molecule has 1 saturated heterocycles. The van der Waals surface area contributed by atoms with E-state index in [2.05, 4.69) is 29.2 Å². The van der Waals surface area contributed by atoms with Crippen molar-refractivity contribution in [1.82, 2.24) is 9.80 Å². The van der Waals surface area contributed by atoms with E-state index in [4.69, 9.17) is 9.47 Å². The van der Waals surface area contributed by atoms with Crippen molar-refractivity contribution in [2.75, 3.05) is 33.0 Å². The average molecular weight is 328 g/mol. The Hall–Kier alpha value is -2.01. The summed E-state index contributed by atoms with van der Waals surface area (Å²) in [4.78, 5) is 16.8. The van der Waals surface area contributed by atoms with Crippen LogP contribution in [-0.4, -0.2) is 48.7 Å². The molecule has 4 rings (SSSR count). The van der Waals surface area contributed by atoms with Gasteiger partial charge in [-0.1, -0.05) is 18.2 Å². The van der Waals surface area contributed by atoms with E-state index in [9.17, 15) is 4.79 Å². The van der Waals surface area contributed by atoms with Gasteiger partial charge in [0.1, 0.15) is 0 Å². The molecule has 1 aromatic rings. The van der Waals surface area contributed by atoms with Crippen LogP contribution in [0.3, 0.4) is 0 Å². The molecule has 0 N–H and O–H groups in total. The summed E-state index contributed by atoms with van der Waals surface area (Å²) in [6.07, 6.45) is 7.34. The smallest absolute Gasteiger partial charge is 0.231 e. The van der Waals surface area contributed by atoms with E-state index in [1.807, 2.05) is 11.0 Å². The molecule has 2 aliphatic heterocycles. The van der Waals surface area contributed by atoms with Crippen LogP contribution in [0.5, 0.6) is 11.5 Å². The largest absolute Gasteiger partial charge is 0.454 e. The molecule has 1 aromatic carbocycles. The van der Waals surface area contributed by atoms with E-state index in [-0.39, 0.29) is 0 Å². The molecule has 2 heterocycles. The third-order valence-electron chi connectivity index (χ3n) is 5.12. The number of rotatable bonds is 4. The van der Waals surface area contributed by atoms with Crippen molar-refractivity contribution < 1.29 is 14.3 Å². The van der Waals surface area contributed by atoms with Gasteiger partial charge in [0.15, 0.2) is 11.5 Å². The topological polar surface area (TPSA) is 42.0 Å². The number of allylic oxidation sites excluding steroid dienone is 2. The van der Waals surface area contributed by atoms with Gasteiger partial charge in [-0.05, 0) is 36.5 Å². The third kappa shape index (κ3) is 3.41. The van der Waals surface area contributed by atoms with Gasteiger partial charge in [-0.15, -0.1) is 0 Å². The predicted molar refractivity (Wildman–Crippen MR) is 90.9 cm³/mol. The number of carbonyl (C=O) groups is 1. The first-order chi connectivity index (χ1) is 11.8. The molecule has 0 spiro atoms. The lowest BCUT2D eigenvalue weighted by Crippen LogP contribution is -2.48. The lowest BCUT2D eigenvalue weighted by Gasteiger charge is -2.35. The van der Waals surface area contributed by atoms with Crippen LogP contribution in [0.2, 0.25) is 0 Å². The number of hydrogen-bond acceptors (Lipinski definition) is 4. The number of amides is 1. The van der Waals surface area contributed by atoms with Crippen LogP contribution >= 0.6 is 0 Å². The lowest BCUT2D eigenvalue weighted by molar-refractivity contribution is -0.133. The van der Waals surface area contributed by atoms with Crippen molar-refractivity contribution >= 4 is 5.91 Å². The van der Waals surface area contributed by atoms with Crippen LogP contribution < -0.4 is 9.47 Å². The second-order valence-corrected chi connectivity index (χ2v) is 6.81. The Morgan fingerprint density at radius 2 is 1.96 bits per heavy atom. The Labute approximate surface area is 142 Å². The molecule has 128 valence electrons. The molecule has 0 saturated carbocycles. The molecule has 5 heteroatoms. The summed E-state index contributed by atoms with van der Waals surface area (Å²) >= 11 is 0. The minimum absolute atomic E-state index is 0.314. The van der Waals surface area contributed by atoms with Crippen LogP contribution in [0.15, 0.2) is 30.4 Å². The molecule has 1 unspecified atom stereocenters. The zero-order valence-corrected chi connectivity index (χ0v) is 13.9. The fraction of sp³-hybridized carbons (Fsp3) is 0.526. The maximum Gasteiger partial charge on any atom is 0.231 e. The van der Waals surface area contributed by atoms with Crippen LogP contribution in [-0.2, 0) is 11.3 Å². The Morgan fingerprint density at radius 1 is 1.12 bits per heavy atom. The van der Waals surface area contributed by atoms with Crippen LogP contribution in [0.25, 0.3) is 0 Å². The first-order valence-electron chi connectivity index (χ1n) is 8.83. The fourth-order valence-electron chi connectivity index (χ4n) is 3.67. The minimum Gasteiger partial charge on any atom is -0.454 e. The van der Waals surface area contributed by atoms with Gasteiger partial charge in [-0.2, -0.15) is 0 Å². The maximum atomic E-state index is 12.4.